The number of imidazole rings is 1. The number of halogens is 4. The summed E-state index contributed by atoms with van der Waals surface area (Å²) in [5, 5.41) is 12.2. The maximum Gasteiger partial charge on any atom is 0.416 e. The zero-order valence-corrected chi connectivity index (χ0v) is 23.5. The zero-order valence-electron chi connectivity index (χ0n) is 23.5. The van der Waals surface area contributed by atoms with Crippen LogP contribution in [0.2, 0.25) is 0 Å². The molecule has 0 aliphatic heterocycles. The van der Waals surface area contributed by atoms with Gasteiger partial charge in [0.25, 0.3) is 5.91 Å². The van der Waals surface area contributed by atoms with Crippen molar-refractivity contribution in [2.75, 3.05) is 17.7 Å². The average molecular weight is 613 g/mol. The lowest BCUT2D eigenvalue weighted by atomic mass is 9.53. The number of hydrogen-bond acceptors (Lipinski definition) is 7. The van der Waals surface area contributed by atoms with E-state index in [9.17, 15) is 27.9 Å². The van der Waals surface area contributed by atoms with E-state index in [-0.39, 0.29) is 40.8 Å². The Labute approximate surface area is 248 Å². The predicted molar refractivity (Wildman–Crippen MR) is 151 cm³/mol. The number of nitrogen functional groups attached to an aromatic ring is 1. The zero-order chi connectivity index (χ0) is 31.4. The van der Waals surface area contributed by atoms with Crippen molar-refractivity contribution in [3.8, 4) is 17.0 Å². The minimum absolute atomic E-state index is 0.0166. The number of carbonyl (C=O) groups excluding carboxylic acids is 1. The molecule has 0 atom stereocenters. The molecule has 0 saturated heterocycles. The Morgan fingerprint density at radius 3 is 2.43 bits per heavy atom. The Hall–Kier alpha value is -4.75. The van der Waals surface area contributed by atoms with Gasteiger partial charge in [-0.3, -0.25) is 14.0 Å². The number of nitrogens with one attached hydrogen (secondary N) is 1. The van der Waals surface area contributed by atoms with Gasteiger partial charge in [-0.15, -0.1) is 0 Å². The number of amides is 1. The van der Waals surface area contributed by atoms with Crippen LogP contribution >= 0.6 is 0 Å². The van der Waals surface area contributed by atoms with Crippen molar-refractivity contribution >= 4 is 29.0 Å². The fourth-order valence-electron chi connectivity index (χ4n) is 6.49. The second kappa shape index (κ2) is 10.5. The summed E-state index contributed by atoms with van der Waals surface area (Å²) < 4.78 is 62.1. The number of aliphatic carboxylic acids is 1. The topological polar surface area (TPSA) is 145 Å². The van der Waals surface area contributed by atoms with E-state index in [1.807, 2.05) is 0 Å². The third-order valence-electron chi connectivity index (χ3n) is 8.95. The van der Waals surface area contributed by atoms with E-state index in [2.05, 4.69) is 15.3 Å². The number of ether oxygens (including phenoxy) is 1. The van der Waals surface area contributed by atoms with Crippen molar-refractivity contribution in [2.24, 2.45) is 5.41 Å². The van der Waals surface area contributed by atoms with Crippen LogP contribution < -0.4 is 15.8 Å². The maximum absolute atomic E-state index is 15.5. The summed E-state index contributed by atoms with van der Waals surface area (Å²) in [6, 6.07) is 5.93. The summed E-state index contributed by atoms with van der Waals surface area (Å²) in [6.07, 6.45) is 0.243. The molecule has 14 heteroatoms. The summed E-state index contributed by atoms with van der Waals surface area (Å²) in [6.45, 7) is 1.92. The fourth-order valence-corrected chi connectivity index (χ4v) is 6.49. The molecule has 0 radical (unpaired) electrons. The van der Waals surface area contributed by atoms with Gasteiger partial charge in [0.05, 0.1) is 23.8 Å². The quantitative estimate of drug-likeness (QED) is 0.220. The molecular formula is C30H28F4N6O4. The molecule has 0 spiro atoms. The normalized spacial score (nSPS) is 21.4. The van der Waals surface area contributed by atoms with Crippen LogP contribution in [0.5, 0.6) is 5.75 Å². The van der Waals surface area contributed by atoms with Crippen molar-refractivity contribution in [3.63, 3.8) is 0 Å². The molecule has 2 bridgehead atoms. The molecule has 7 rings (SSSR count). The van der Waals surface area contributed by atoms with Crippen LogP contribution in [-0.2, 0) is 16.4 Å². The summed E-state index contributed by atoms with van der Waals surface area (Å²) in [4.78, 5) is 37.8. The Kier molecular flexibility index (Phi) is 6.97. The van der Waals surface area contributed by atoms with Gasteiger partial charge in [-0.1, -0.05) is 0 Å². The summed E-state index contributed by atoms with van der Waals surface area (Å²) in [5.74, 6) is -1.85. The highest BCUT2D eigenvalue weighted by atomic mass is 19.4. The highest BCUT2D eigenvalue weighted by Crippen LogP contribution is 2.58. The second-order valence-electron chi connectivity index (χ2n) is 11.3. The standard InChI is InChI=1S/C30H28F4N6O4/c1-2-44-19-13-16(25(41)38-21-14-17(5-12-36-21)30(32,33)34)3-4-18(19)22-23-24(35)37-15-20(31)40(23)26(39-22)28-6-9-29(10-7-28,11-8-28)27(42)43/h3-5,12-15H,2,6-11H2,1H3,(H2,35,37)(H,42,43)(H,36,38,41). The number of aromatic nitrogens is 4. The van der Waals surface area contributed by atoms with Crippen molar-refractivity contribution in [1.82, 2.24) is 19.4 Å². The van der Waals surface area contributed by atoms with E-state index in [1.54, 1.807) is 13.0 Å². The van der Waals surface area contributed by atoms with Gasteiger partial charge in [-0.25, -0.2) is 15.0 Å². The monoisotopic (exact) mass is 612 g/mol. The number of benzene rings is 1. The summed E-state index contributed by atoms with van der Waals surface area (Å²) >= 11 is 0. The lowest BCUT2D eigenvalue weighted by molar-refractivity contribution is -0.156. The SMILES string of the molecule is CCOc1cc(C(=O)Nc2cc(C(F)(F)F)ccn2)ccc1-c1nc(C23CCC(C(=O)O)(CC2)CC3)n2c(F)cnc(N)c12. The Balaban J connectivity index is 1.41. The van der Waals surface area contributed by atoms with Gasteiger partial charge in [-0.05, 0) is 75.8 Å². The number of carboxylic acid groups (broad SMARTS) is 1. The van der Waals surface area contributed by atoms with Gasteiger partial charge in [-0.2, -0.15) is 17.6 Å². The van der Waals surface area contributed by atoms with E-state index >= 15 is 4.39 Å². The molecule has 3 heterocycles. The number of carboxylic acids is 1. The van der Waals surface area contributed by atoms with Crippen molar-refractivity contribution in [3.05, 3.63) is 65.6 Å². The first-order valence-electron chi connectivity index (χ1n) is 14.1. The third-order valence-corrected chi connectivity index (χ3v) is 8.95. The first-order chi connectivity index (χ1) is 20.9. The van der Waals surface area contributed by atoms with Gasteiger partial charge in [0.15, 0.2) is 0 Å². The van der Waals surface area contributed by atoms with E-state index in [0.29, 0.717) is 49.9 Å². The molecule has 3 aromatic heterocycles. The summed E-state index contributed by atoms with van der Waals surface area (Å²) in [7, 11) is 0. The minimum Gasteiger partial charge on any atom is -0.493 e. The number of fused-ring (bicyclic) bond motifs is 4. The number of alkyl halides is 3. The van der Waals surface area contributed by atoms with E-state index in [1.165, 1.54) is 16.5 Å². The molecule has 3 aliphatic carbocycles. The van der Waals surface area contributed by atoms with Crippen LogP contribution in [0, 0.1) is 11.4 Å². The van der Waals surface area contributed by atoms with Gasteiger partial charge in [0.1, 0.15) is 34.4 Å². The molecule has 1 amide bonds. The van der Waals surface area contributed by atoms with Crippen LogP contribution in [0.15, 0.2) is 42.7 Å². The lowest BCUT2D eigenvalue weighted by Gasteiger charge is -2.50. The molecule has 3 fully saturated rings. The van der Waals surface area contributed by atoms with Crippen LogP contribution in [0.25, 0.3) is 16.8 Å². The van der Waals surface area contributed by atoms with Gasteiger partial charge in [0.2, 0.25) is 5.95 Å². The molecule has 4 N–H and O–H groups in total. The number of nitrogens with two attached hydrogens (primary N) is 1. The third kappa shape index (κ3) is 4.77. The number of nitrogens with zero attached hydrogens (tertiary/aromatic N) is 4. The van der Waals surface area contributed by atoms with Crippen LogP contribution in [0.3, 0.4) is 0 Å². The smallest absolute Gasteiger partial charge is 0.416 e. The van der Waals surface area contributed by atoms with Gasteiger partial charge >= 0.3 is 12.1 Å². The maximum atomic E-state index is 15.5. The number of rotatable bonds is 7. The van der Waals surface area contributed by atoms with Crippen molar-refractivity contribution in [1.29, 1.82) is 0 Å². The Bertz CT molecular complexity index is 1780. The Morgan fingerprint density at radius 1 is 1.09 bits per heavy atom. The van der Waals surface area contributed by atoms with Crippen LogP contribution in [0.1, 0.15) is 67.2 Å². The van der Waals surface area contributed by atoms with E-state index in [0.717, 1.165) is 24.5 Å². The number of carbonyl (C=O) groups is 2. The van der Waals surface area contributed by atoms with Gasteiger partial charge in [0, 0.05) is 22.7 Å². The molecule has 1 aromatic carbocycles. The molecule has 3 saturated carbocycles. The molecule has 4 aromatic rings. The minimum atomic E-state index is -4.61. The van der Waals surface area contributed by atoms with Crippen molar-refractivity contribution < 1.29 is 37.0 Å². The van der Waals surface area contributed by atoms with Crippen molar-refractivity contribution in [2.45, 2.75) is 57.0 Å². The average Bonchev–Trinajstić information content (AvgIpc) is 3.42. The largest absolute Gasteiger partial charge is 0.493 e. The lowest BCUT2D eigenvalue weighted by Crippen LogP contribution is -2.48. The molecule has 230 valence electrons. The summed E-state index contributed by atoms with van der Waals surface area (Å²) in [5.41, 5.74) is 4.92. The first-order valence-corrected chi connectivity index (χ1v) is 14.1. The highest BCUT2D eigenvalue weighted by molar-refractivity contribution is 6.04. The fraction of sp³-hybridized carbons (Fsp3) is 0.367. The van der Waals surface area contributed by atoms with Crippen LogP contribution in [0.4, 0.5) is 29.2 Å². The van der Waals surface area contributed by atoms with Crippen LogP contribution in [-0.4, -0.2) is 42.9 Å². The molecule has 44 heavy (non-hydrogen) atoms. The molecular weight excluding hydrogens is 584 g/mol. The highest BCUT2D eigenvalue weighted by Gasteiger charge is 2.55. The second-order valence-corrected chi connectivity index (χ2v) is 11.3. The van der Waals surface area contributed by atoms with E-state index in [4.69, 9.17) is 15.5 Å². The first kappa shape index (κ1) is 29.3. The molecule has 10 nitrogen and oxygen atoms in total. The predicted octanol–water partition coefficient (Wildman–Crippen LogP) is 5.86. The molecule has 3 aliphatic rings. The Morgan fingerprint density at radius 2 is 1.80 bits per heavy atom. The number of anilines is 2. The number of pyridine rings is 1. The van der Waals surface area contributed by atoms with Gasteiger partial charge < -0.3 is 20.9 Å². The van der Waals surface area contributed by atoms with E-state index < -0.39 is 40.4 Å². The molecule has 0 unspecified atom stereocenters. The number of hydrogen-bond donors (Lipinski definition) is 3.